The third-order valence-corrected chi connectivity index (χ3v) is 3.23. The van der Waals surface area contributed by atoms with Crippen LogP contribution in [0, 0.1) is 0 Å². The van der Waals surface area contributed by atoms with E-state index in [1.807, 2.05) is 7.05 Å². The van der Waals surface area contributed by atoms with E-state index in [2.05, 4.69) is 20.8 Å². The molecule has 1 heterocycles. The highest BCUT2D eigenvalue weighted by Gasteiger charge is 2.21. The van der Waals surface area contributed by atoms with Crippen LogP contribution < -0.4 is 10.6 Å². The molecule has 5 nitrogen and oxygen atoms in total. The van der Waals surface area contributed by atoms with Crippen LogP contribution in [0.5, 0.6) is 0 Å². The summed E-state index contributed by atoms with van der Waals surface area (Å²) >= 11 is 0. The van der Waals surface area contributed by atoms with E-state index >= 15 is 0 Å². The van der Waals surface area contributed by atoms with Gasteiger partial charge in [-0.1, -0.05) is 0 Å². The lowest BCUT2D eigenvalue weighted by atomic mass is 9.91. The first kappa shape index (κ1) is 11.1. The van der Waals surface area contributed by atoms with Gasteiger partial charge in [0.2, 0.25) is 0 Å². The fourth-order valence-electron chi connectivity index (χ4n) is 2.17. The Hall–Kier alpha value is -1.36. The number of rotatable bonds is 3. The normalized spacial score (nSPS) is 25.3. The van der Waals surface area contributed by atoms with Gasteiger partial charge in [0.25, 0.3) is 5.91 Å². The van der Waals surface area contributed by atoms with Crippen LogP contribution in [0.4, 0.5) is 0 Å². The van der Waals surface area contributed by atoms with Gasteiger partial charge in [-0.05, 0) is 32.7 Å². The van der Waals surface area contributed by atoms with E-state index in [0.717, 1.165) is 25.7 Å². The Balaban J connectivity index is 1.81. The van der Waals surface area contributed by atoms with Gasteiger partial charge in [-0.3, -0.25) is 9.89 Å². The average molecular weight is 222 g/mol. The molecule has 3 N–H and O–H groups in total. The van der Waals surface area contributed by atoms with Crippen molar-refractivity contribution < 1.29 is 4.79 Å². The number of aromatic nitrogens is 2. The molecule has 0 saturated heterocycles. The highest BCUT2D eigenvalue weighted by atomic mass is 16.1. The molecule has 1 aromatic heterocycles. The number of carbonyl (C=O) groups excluding carboxylic acids is 1. The van der Waals surface area contributed by atoms with Crippen molar-refractivity contribution in [3.05, 3.63) is 18.0 Å². The molecule has 2 rings (SSSR count). The van der Waals surface area contributed by atoms with E-state index in [1.165, 1.54) is 0 Å². The maximum Gasteiger partial charge on any atom is 0.254 e. The van der Waals surface area contributed by atoms with Crippen LogP contribution in [0.1, 0.15) is 36.0 Å². The number of H-pyrrole nitrogens is 1. The van der Waals surface area contributed by atoms with Crippen LogP contribution in [0.25, 0.3) is 0 Å². The SMILES string of the molecule is CNC1CCC(NC(=O)c2cn[nH]c2)CC1. The molecule has 1 fully saturated rings. The third-order valence-electron chi connectivity index (χ3n) is 3.23. The van der Waals surface area contributed by atoms with Crippen LogP contribution in [0.2, 0.25) is 0 Å². The zero-order valence-electron chi connectivity index (χ0n) is 9.49. The first-order valence-electron chi connectivity index (χ1n) is 5.76. The minimum absolute atomic E-state index is 0.0262. The zero-order chi connectivity index (χ0) is 11.4. The van der Waals surface area contributed by atoms with Crippen LogP contribution in [-0.2, 0) is 0 Å². The quantitative estimate of drug-likeness (QED) is 0.704. The molecule has 1 saturated carbocycles. The summed E-state index contributed by atoms with van der Waals surface area (Å²) in [6.07, 6.45) is 7.53. The number of carbonyl (C=O) groups is 1. The molecule has 88 valence electrons. The fraction of sp³-hybridized carbons (Fsp3) is 0.636. The highest BCUT2D eigenvalue weighted by molar-refractivity contribution is 5.93. The van der Waals surface area contributed by atoms with Crippen molar-refractivity contribution in [1.29, 1.82) is 0 Å². The van der Waals surface area contributed by atoms with E-state index in [-0.39, 0.29) is 5.91 Å². The first-order valence-corrected chi connectivity index (χ1v) is 5.76. The largest absolute Gasteiger partial charge is 0.349 e. The number of hydrogen-bond donors (Lipinski definition) is 3. The van der Waals surface area contributed by atoms with Gasteiger partial charge in [0.1, 0.15) is 0 Å². The summed E-state index contributed by atoms with van der Waals surface area (Å²) < 4.78 is 0. The molecule has 0 bridgehead atoms. The number of nitrogens with one attached hydrogen (secondary N) is 3. The van der Waals surface area contributed by atoms with Crippen LogP contribution in [0.3, 0.4) is 0 Å². The van der Waals surface area contributed by atoms with E-state index in [1.54, 1.807) is 12.4 Å². The minimum Gasteiger partial charge on any atom is -0.349 e. The maximum atomic E-state index is 11.7. The van der Waals surface area contributed by atoms with Crippen molar-refractivity contribution in [3.8, 4) is 0 Å². The lowest BCUT2D eigenvalue weighted by Crippen LogP contribution is -2.41. The predicted molar refractivity (Wildman–Crippen MR) is 61.2 cm³/mol. The second kappa shape index (κ2) is 5.12. The summed E-state index contributed by atoms with van der Waals surface area (Å²) in [5, 5.41) is 12.7. The molecule has 0 spiro atoms. The summed E-state index contributed by atoms with van der Waals surface area (Å²) in [6.45, 7) is 0. The van der Waals surface area contributed by atoms with Gasteiger partial charge >= 0.3 is 0 Å². The Morgan fingerprint density at radius 2 is 2.06 bits per heavy atom. The Morgan fingerprint density at radius 1 is 1.38 bits per heavy atom. The molecule has 0 aliphatic heterocycles. The van der Waals surface area contributed by atoms with E-state index in [4.69, 9.17) is 0 Å². The summed E-state index contributed by atoms with van der Waals surface area (Å²) in [6, 6.07) is 0.925. The molecule has 1 aromatic rings. The molecule has 0 atom stereocenters. The predicted octanol–water partition coefficient (Wildman–Crippen LogP) is 0.670. The summed E-state index contributed by atoms with van der Waals surface area (Å²) in [4.78, 5) is 11.7. The van der Waals surface area contributed by atoms with Crippen molar-refractivity contribution in [2.45, 2.75) is 37.8 Å². The number of amides is 1. The zero-order valence-corrected chi connectivity index (χ0v) is 9.49. The van der Waals surface area contributed by atoms with E-state index in [9.17, 15) is 4.79 Å². The number of aromatic amines is 1. The Kier molecular flexibility index (Phi) is 3.56. The molecular weight excluding hydrogens is 204 g/mol. The Morgan fingerprint density at radius 3 is 2.62 bits per heavy atom. The van der Waals surface area contributed by atoms with Crippen molar-refractivity contribution in [3.63, 3.8) is 0 Å². The summed E-state index contributed by atoms with van der Waals surface area (Å²) in [5.41, 5.74) is 0.607. The molecule has 16 heavy (non-hydrogen) atoms. The second-order valence-corrected chi connectivity index (χ2v) is 4.30. The highest BCUT2D eigenvalue weighted by Crippen LogP contribution is 2.18. The van der Waals surface area contributed by atoms with Crippen LogP contribution >= 0.6 is 0 Å². The van der Waals surface area contributed by atoms with E-state index in [0.29, 0.717) is 17.6 Å². The standard InChI is InChI=1S/C11H18N4O/c1-12-9-2-4-10(5-3-9)15-11(16)8-6-13-14-7-8/h6-7,9-10,12H,2-5H2,1H3,(H,13,14)(H,15,16). The molecule has 0 aromatic carbocycles. The van der Waals surface area contributed by atoms with Crippen LogP contribution in [0.15, 0.2) is 12.4 Å². The molecule has 0 unspecified atom stereocenters. The number of nitrogens with zero attached hydrogens (tertiary/aromatic N) is 1. The lowest BCUT2D eigenvalue weighted by molar-refractivity contribution is 0.0925. The van der Waals surface area contributed by atoms with Crippen molar-refractivity contribution in [1.82, 2.24) is 20.8 Å². The lowest BCUT2D eigenvalue weighted by Gasteiger charge is -2.28. The van der Waals surface area contributed by atoms with Crippen LogP contribution in [-0.4, -0.2) is 35.2 Å². The molecule has 0 radical (unpaired) electrons. The summed E-state index contributed by atoms with van der Waals surface area (Å²) in [7, 11) is 2.00. The van der Waals surface area contributed by atoms with Gasteiger partial charge in [-0.15, -0.1) is 0 Å². The molecular formula is C11H18N4O. The molecule has 1 aliphatic rings. The molecule has 1 aliphatic carbocycles. The summed E-state index contributed by atoms with van der Waals surface area (Å²) in [5.74, 6) is -0.0262. The average Bonchev–Trinajstić information content (AvgIpc) is 2.83. The number of hydrogen-bond acceptors (Lipinski definition) is 3. The Labute approximate surface area is 95.0 Å². The fourth-order valence-corrected chi connectivity index (χ4v) is 2.17. The van der Waals surface area contributed by atoms with Gasteiger partial charge in [0.15, 0.2) is 0 Å². The van der Waals surface area contributed by atoms with Gasteiger partial charge in [-0.25, -0.2) is 0 Å². The maximum absolute atomic E-state index is 11.7. The Bertz CT molecular complexity index is 328. The second-order valence-electron chi connectivity index (χ2n) is 4.30. The topological polar surface area (TPSA) is 69.8 Å². The van der Waals surface area contributed by atoms with Gasteiger partial charge in [0.05, 0.1) is 11.8 Å². The van der Waals surface area contributed by atoms with Gasteiger partial charge < -0.3 is 10.6 Å². The van der Waals surface area contributed by atoms with Gasteiger partial charge in [0, 0.05) is 18.3 Å². The minimum atomic E-state index is -0.0262. The molecule has 5 heteroatoms. The molecule has 1 amide bonds. The van der Waals surface area contributed by atoms with E-state index < -0.39 is 0 Å². The first-order chi connectivity index (χ1) is 7.79. The van der Waals surface area contributed by atoms with Gasteiger partial charge in [-0.2, -0.15) is 5.10 Å². The van der Waals surface area contributed by atoms with Crippen molar-refractivity contribution >= 4 is 5.91 Å². The smallest absolute Gasteiger partial charge is 0.254 e. The van der Waals surface area contributed by atoms with Crippen molar-refractivity contribution in [2.24, 2.45) is 0 Å². The van der Waals surface area contributed by atoms with Crippen molar-refractivity contribution in [2.75, 3.05) is 7.05 Å². The third kappa shape index (κ3) is 2.61. The monoisotopic (exact) mass is 222 g/mol.